The first-order valence-electron chi connectivity index (χ1n) is 11.1. The third kappa shape index (κ3) is 5.20. The summed E-state index contributed by atoms with van der Waals surface area (Å²) >= 11 is 6.48. The molecule has 0 bridgehead atoms. The highest BCUT2D eigenvalue weighted by Crippen LogP contribution is 2.35. The molecule has 2 atom stereocenters. The van der Waals surface area contributed by atoms with Gasteiger partial charge in [-0.2, -0.15) is 8.42 Å². The summed E-state index contributed by atoms with van der Waals surface area (Å²) < 4.78 is 51.4. The highest BCUT2D eigenvalue weighted by molar-refractivity contribution is 7.91. The molecule has 12 heteroatoms. The van der Waals surface area contributed by atoms with E-state index in [1.54, 1.807) is 31.7 Å². The predicted octanol–water partition coefficient (Wildman–Crippen LogP) is 4.29. The largest absolute Gasteiger partial charge is 0.444 e. The number of carbonyl (C=O) groups is 1. The number of anilines is 1. The van der Waals surface area contributed by atoms with Gasteiger partial charge < -0.3 is 14.5 Å². The van der Waals surface area contributed by atoms with Crippen LogP contribution in [0, 0.1) is 5.82 Å². The first-order valence-corrected chi connectivity index (χ1v) is 12.9. The molecule has 1 amide bonds. The van der Waals surface area contributed by atoms with Gasteiger partial charge in [-0.3, -0.25) is 0 Å². The van der Waals surface area contributed by atoms with Crippen LogP contribution in [0.4, 0.5) is 15.0 Å². The van der Waals surface area contributed by atoms with E-state index in [2.05, 4.69) is 14.1 Å². The highest BCUT2D eigenvalue weighted by Gasteiger charge is 2.39. The third-order valence-electron chi connectivity index (χ3n) is 5.66. The summed E-state index contributed by atoms with van der Waals surface area (Å²) in [5.41, 5.74) is -0.00312. The number of nitrogens with one attached hydrogen (secondary N) is 1. The fourth-order valence-electron chi connectivity index (χ4n) is 4.09. The van der Waals surface area contributed by atoms with Crippen LogP contribution in [0.25, 0.3) is 11.3 Å². The number of piperazine rings is 1. The number of nitrogens with zero attached hydrogens (tertiary/aromatic N) is 4. The smallest absolute Gasteiger partial charge is 0.410 e. The number of pyridine rings is 1. The lowest BCUT2D eigenvalue weighted by molar-refractivity contribution is 0.000512. The second kappa shape index (κ2) is 8.94. The second-order valence-electron chi connectivity index (χ2n) is 9.67. The van der Waals surface area contributed by atoms with Crippen molar-refractivity contribution in [2.24, 2.45) is 4.40 Å². The Morgan fingerprint density at radius 2 is 1.86 bits per heavy atom. The summed E-state index contributed by atoms with van der Waals surface area (Å²) in [6.07, 6.45) is -0.434. The molecule has 0 spiro atoms. The van der Waals surface area contributed by atoms with Crippen molar-refractivity contribution in [2.75, 3.05) is 17.8 Å². The number of amides is 1. The molecule has 1 N–H and O–H groups in total. The van der Waals surface area contributed by atoms with E-state index in [0.29, 0.717) is 18.7 Å². The van der Waals surface area contributed by atoms with Gasteiger partial charge in [0.2, 0.25) is 0 Å². The monoisotopic (exact) mass is 523 g/mol. The number of hydrogen-bond donors (Lipinski definition) is 1. The first kappa shape index (κ1) is 25.2. The Morgan fingerprint density at radius 3 is 2.51 bits per heavy atom. The molecule has 4 rings (SSSR count). The summed E-state index contributed by atoms with van der Waals surface area (Å²) in [5, 5.41) is 0.149. The molecule has 3 heterocycles. The van der Waals surface area contributed by atoms with Gasteiger partial charge in [-0.25, -0.2) is 18.9 Å². The van der Waals surface area contributed by atoms with Crippen molar-refractivity contribution < 1.29 is 22.3 Å². The van der Waals surface area contributed by atoms with Gasteiger partial charge in [0, 0.05) is 30.7 Å². The molecule has 1 aromatic heterocycles. The lowest BCUT2D eigenvalue weighted by Gasteiger charge is -2.45. The van der Waals surface area contributed by atoms with Crippen molar-refractivity contribution in [1.82, 2.24) is 14.8 Å². The van der Waals surface area contributed by atoms with E-state index in [-0.39, 0.29) is 40.0 Å². The maximum atomic E-state index is 14.4. The van der Waals surface area contributed by atoms with Crippen LogP contribution in [0.5, 0.6) is 0 Å². The molecule has 9 nitrogen and oxygen atoms in total. The molecule has 2 aliphatic rings. The Morgan fingerprint density at radius 1 is 1.17 bits per heavy atom. The van der Waals surface area contributed by atoms with Gasteiger partial charge in [0.05, 0.1) is 16.3 Å². The first-order chi connectivity index (χ1) is 16.3. The minimum Gasteiger partial charge on any atom is -0.444 e. The molecule has 1 fully saturated rings. The minimum absolute atomic E-state index is 0.00655. The number of halogens is 2. The Bertz CT molecular complexity index is 1310. The maximum absolute atomic E-state index is 14.4. The van der Waals surface area contributed by atoms with Crippen LogP contribution in [-0.4, -0.2) is 65.9 Å². The zero-order valence-corrected chi connectivity index (χ0v) is 21.6. The van der Waals surface area contributed by atoms with Crippen molar-refractivity contribution in [3.05, 3.63) is 46.7 Å². The zero-order chi connectivity index (χ0) is 25.7. The van der Waals surface area contributed by atoms with Crippen LogP contribution in [-0.2, 0) is 14.9 Å². The van der Waals surface area contributed by atoms with Crippen LogP contribution in [0.1, 0.15) is 40.2 Å². The summed E-state index contributed by atoms with van der Waals surface area (Å²) in [6, 6.07) is 6.93. The number of fused-ring (bicyclic) bond motifs is 1. The van der Waals surface area contributed by atoms with Crippen molar-refractivity contribution in [1.29, 1.82) is 0 Å². The Hall–Kier alpha value is -2.92. The Labute approximate surface area is 209 Å². The predicted molar refractivity (Wildman–Crippen MR) is 132 cm³/mol. The fraction of sp³-hybridized carbons (Fsp3) is 0.435. The summed E-state index contributed by atoms with van der Waals surface area (Å²) in [6.45, 7) is 9.72. The molecule has 0 aliphatic carbocycles. The number of ether oxygens (including phenoxy) is 1. The molecule has 35 heavy (non-hydrogen) atoms. The Kier molecular flexibility index (Phi) is 6.43. The van der Waals surface area contributed by atoms with Crippen LogP contribution in [0.2, 0.25) is 5.02 Å². The van der Waals surface area contributed by atoms with Gasteiger partial charge in [0.15, 0.2) is 11.7 Å². The summed E-state index contributed by atoms with van der Waals surface area (Å²) in [5.74, 6) is -0.362. The van der Waals surface area contributed by atoms with Crippen molar-refractivity contribution in [3.63, 3.8) is 0 Å². The van der Waals surface area contributed by atoms with Crippen LogP contribution < -0.4 is 4.72 Å². The van der Waals surface area contributed by atoms with E-state index in [1.165, 1.54) is 24.3 Å². The lowest BCUT2D eigenvalue weighted by Crippen LogP contribution is -2.60. The molecule has 188 valence electrons. The van der Waals surface area contributed by atoms with Gasteiger partial charge in [-0.1, -0.05) is 23.7 Å². The molecule has 1 aromatic carbocycles. The maximum Gasteiger partial charge on any atom is 0.410 e. The van der Waals surface area contributed by atoms with Crippen LogP contribution in [0.3, 0.4) is 0 Å². The van der Waals surface area contributed by atoms with Crippen molar-refractivity contribution in [2.45, 2.75) is 52.3 Å². The van der Waals surface area contributed by atoms with Crippen molar-refractivity contribution >= 4 is 39.6 Å². The SMILES string of the molecule is C[C@@H]1CN(C2=NS(=O)(=O)Nc3nc(-c4ccccc4F)c(Cl)cc32)[C@@H](C)CN1C(=O)OC(C)(C)C. The van der Waals surface area contributed by atoms with Gasteiger partial charge in [-0.15, -0.1) is 4.40 Å². The molecule has 1 saturated heterocycles. The number of aromatic nitrogens is 1. The number of carbonyl (C=O) groups excluding carboxylic acids is 1. The Balaban J connectivity index is 1.70. The van der Waals surface area contributed by atoms with Gasteiger partial charge in [0.25, 0.3) is 0 Å². The van der Waals surface area contributed by atoms with E-state index in [0.717, 1.165) is 0 Å². The van der Waals surface area contributed by atoms with E-state index in [4.69, 9.17) is 16.3 Å². The number of rotatable bonds is 1. The number of hydrogen-bond acceptors (Lipinski definition) is 6. The fourth-order valence-corrected chi connectivity index (χ4v) is 5.22. The normalized spacial score (nSPS) is 21.6. The molecule has 0 radical (unpaired) electrons. The average molecular weight is 524 g/mol. The molecule has 0 unspecified atom stereocenters. The molecular weight excluding hydrogens is 497 g/mol. The quantitative estimate of drug-likeness (QED) is 0.598. The van der Waals surface area contributed by atoms with E-state index < -0.39 is 27.7 Å². The van der Waals surface area contributed by atoms with Crippen LogP contribution in [0.15, 0.2) is 34.7 Å². The van der Waals surface area contributed by atoms with Crippen molar-refractivity contribution in [3.8, 4) is 11.3 Å². The number of benzene rings is 1. The molecule has 2 aliphatic heterocycles. The standard InChI is InChI=1S/C23H27ClFN5O4S/c1-13-12-30(22(31)34-23(3,4)5)14(2)11-29(13)21-16-10-17(24)19(15-8-6-7-9-18(15)25)26-20(16)27-35(32,33)28-21/h6-10,13-14H,11-12H2,1-5H3,(H,26,27)/t13-,14+/m0/s1. The topological polar surface area (TPSA) is 104 Å². The van der Waals surface area contributed by atoms with Gasteiger partial charge in [0.1, 0.15) is 11.4 Å². The van der Waals surface area contributed by atoms with E-state index in [1.807, 2.05) is 18.7 Å². The number of amidine groups is 1. The van der Waals surface area contributed by atoms with Gasteiger partial charge in [-0.05, 0) is 52.8 Å². The van der Waals surface area contributed by atoms with E-state index >= 15 is 0 Å². The highest BCUT2D eigenvalue weighted by atomic mass is 35.5. The minimum atomic E-state index is -4.12. The third-order valence-corrected chi connectivity index (χ3v) is 6.82. The second-order valence-corrected chi connectivity index (χ2v) is 11.4. The molecular formula is C23H27ClFN5O4S. The summed E-state index contributed by atoms with van der Waals surface area (Å²) in [4.78, 5) is 20.5. The lowest BCUT2D eigenvalue weighted by atomic mass is 10.0. The van der Waals surface area contributed by atoms with E-state index in [9.17, 15) is 17.6 Å². The van der Waals surface area contributed by atoms with Gasteiger partial charge >= 0.3 is 16.3 Å². The molecule has 0 saturated carbocycles. The molecule has 2 aromatic rings. The van der Waals surface area contributed by atoms with Crippen LogP contribution >= 0.6 is 11.6 Å². The zero-order valence-electron chi connectivity index (χ0n) is 20.0. The average Bonchev–Trinajstić information content (AvgIpc) is 2.73. The summed E-state index contributed by atoms with van der Waals surface area (Å²) in [7, 11) is -4.12.